The highest BCUT2D eigenvalue weighted by Gasteiger charge is 2.63. The van der Waals surface area contributed by atoms with Crippen LogP contribution < -0.4 is 0 Å². The van der Waals surface area contributed by atoms with Crippen molar-refractivity contribution in [2.75, 3.05) is 0 Å². The first kappa shape index (κ1) is 17.1. The zero-order valence-electron chi connectivity index (χ0n) is 15.4. The molecular weight excluding hydrogens is 300 g/mol. The van der Waals surface area contributed by atoms with Gasteiger partial charge in [-0.2, -0.15) is 0 Å². The lowest BCUT2D eigenvalue weighted by Gasteiger charge is -2.63. The number of allylic oxidation sites excluding steroid dienone is 2. The van der Waals surface area contributed by atoms with E-state index in [0.717, 1.165) is 32.1 Å². The van der Waals surface area contributed by atoms with E-state index in [2.05, 4.69) is 26.8 Å². The molecule has 0 spiro atoms. The molecule has 4 aliphatic carbocycles. The van der Waals surface area contributed by atoms with E-state index in [1.54, 1.807) is 5.57 Å². The minimum atomic E-state index is -0.678. The van der Waals surface area contributed by atoms with Crippen LogP contribution in [0.5, 0.6) is 0 Å². The summed E-state index contributed by atoms with van der Waals surface area (Å²) in [7, 11) is 0. The molecule has 4 rings (SSSR count). The number of hydrogen-bond acceptors (Lipinski definition) is 3. The van der Waals surface area contributed by atoms with Crippen LogP contribution in [0.4, 0.5) is 0 Å². The average molecular weight is 335 g/mol. The van der Waals surface area contributed by atoms with Crippen molar-refractivity contribution in [1.29, 1.82) is 0 Å². The fourth-order valence-electron chi connectivity index (χ4n) is 7.56. The van der Waals surface area contributed by atoms with Gasteiger partial charge in [0, 0.05) is 0 Å². The van der Waals surface area contributed by atoms with Gasteiger partial charge in [-0.1, -0.05) is 25.5 Å². The maximum Gasteiger partial charge on any atom is 0.0836 e. The fourth-order valence-corrected chi connectivity index (χ4v) is 7.56. The van der Waals surface area contributed by atoms with Crippen LogP contribution in [0.1, 0.15) is 65.7 Å². The summed E-state index contributed by atoms with van der Waals surface area (Å²) in [5.74, 6) is 1.25. The smallest absolute Gasteiger partial charge is 0.0836 e. The highest BCUT2D eigenvalue weighted by Crippen LogP contribution is 2.67. The number of aliphatic hydroxyl groups is 3. The largest absolute Gasteiger partial charge is 0.393 e. The molecule has 3 nitrogen and oxygen atoms in total. The Morgan fingerprint density at radius 2 is 1.67 bits per heavy atom. The fraction of sp³-hybridized carbons (Fsp3) is 0.905. The zero-order valence-corrected chi connectivity index (χ0v) is 15.4. The molecule has 4 aliphatic rings. The van der Waals surface area contributed by atoms with Crippen molar-refractivity contribution in [3.63, 3.8) is 0 Å². The van der Waals surface area contributed by atoms with E-state index >= 15 is 0 Å². The molecule has 3 heteroatoms. The molecule has 9 atom stereocenters. The third kappa shape index (κ3) is 2.07. The Bertz CT molecular complexity index is 543. The van der Waals surface area contributed by atoms with Crippen molar-refractivity contribution in [1.82, 2.24) is 0 Å². The van der Waals surface area contributed by atoms with Crippen molar-refractivity contribution in [3.8, 4) is 0 Å². The van der Waals surface area contributed by atoms with Crippen LogP contribution in [-0.2, 0) is 0 Å². The lowest BCUT2D eigenvalue weighted by molar-refractivity contribution is -0.217. The lowest BCUT2D eigenvalue weighted by atomic mass is 9.43. The van der Waals surface area contributed by atoms with E-state index in [1.807, 2.05) is 0 Å². The van der Waals surface area contributed by atoms with Crippen LogP contribution in [0, 0.1) is 34.5 Å². The Kier molecular flexibility index (Phi) is 3.95. The summed E-state index contributed by atoms with van der Waals surface area (Å²) in [5.41, 5.74) is 1.86. The van der Waals surface area contributed by atoms with Gasteiger partial charge in [-0.15, -0.1) is 0 Å². The van der Waals surface area contributed by atoms with Gasteiger partial charge in [-0.3, -0.25) is 0 Å². The van der Waals surface area contributed by atoms with Crippen LogP contribution in [0.15, 0.2) is 11.6 Å². The molecule has 4 fully saturated rings. The van der Waals surface area contributed by atoms with Gasteiger partial charge in [0.05, 0.1) is 18.3 Å². The van der Waals surface area contributed by atoms with Crippen molar-refractivity contribution >= 4 is 0 Å². The molecule has 3 N–H and O–H groups in total. The molecular formula is C21H34O3. The predicted octanol–water partition coefficient (Wildman–Crippen LogP) is 3.28. The van der Waals surface area contributed by atoms with Crippen LogP contribution >= 0.6 is 0 Å². The molecule has 0 aromatic rings. The van der Waals surface area contributed by atoms with Crippen LogP contribution in [0.3, 0.4) is 0 Å². The predicted molar refractivity (Wildman–Crippen MR) is 94.3 cm³/mol. The topological polar surface area (TPSA) is 60.7 Å². The Balaban J connectivity index is 1.73. The van der Waals surface area contributed by atoms with Gasteiger partial charge in [0.25, 0.3) is 0 Å². The van der Waals surface area contributed by atoms with Crippen molar-refractivity contribution in [3.05, 3.63) is 11.6 Å². The number of fused-ring (bicyclic) bond motifs is 5. The standard InChI is InChI=1S/C21H34O3/c1-4-12-5-6-14-17-15(8-10-20(12,14)2)21(3)9-7-13(22)11-16(21)18(23)19(17)24/h4,13-19,22-24H,5-11H2,1-3H3/b12-4+/t13-,14-,15-,16+,17-,18+,19+,20+,21+/m1/s1. The van der Waals surface area contributed by atoms with Gasteiger partial charge >= 0.3 is 0 Å². The summed E-state index contributed by atoms with van der Waals surface area (Å²) in [5, 5.41) is 32.1. The van der Waals surface area contributed by atoms with Gasteiger partial charge in [0.1, 0.15) is 0 Å². The normalized spacial score (nSPS) is 58.9. The summed E-state index contributed by atoms with van der Waals surface area (Å²) >= 11 is 0. The monoisotopic (exact) mass is 334 g/mol. The molecule has 0 aliphatic heterocycles. The SMILES string of the molecule is C/C=C1\CC[C@@H]2[C@H]3[C@H](O)[C@@H](O)[C@@H]4C[C@H](O)CC[C@@]4(C)[C@@H]3CC[C@@]12C. The minimum Gasteiger partial charge on any atom is -0.393 e. The maximum atomic E-state index is 11.1. The second kappa shape index (κ2) is 5.56. The van der Waals surface area contributed by atoms with E-state index in [-0.39, 0.29) is 28.8 Å². The first-order valence-corrected chi connectivity index (χ1v) is 10.0. The number of hydrogen-bond donors (Lipinski definition) is 3. The quantitative estimate of drug-likeness (QED) is 0.596. The third-order valence-corrected chi connectivity index (χ3v) is 8.92. The Hall–Kier alpha value is -0.380. The molecule has 0 aromatic heterocycles. The Morgan fingerprint density at radius 1 is 0.917 bits per heavy atom. The third-order valence-electron chi connectivity index (χ3n) is 8.92. The summed E-state index contributed by atoms with van der Waals surface area (Å²) in [6, 6.07) is 0. The highest BCUT2D eigenvalue weighted by molar-refractivity contribution is 5.25. The van der Waals surface area contributed by atoms with Crippen LogP contribution in [0.25, 0.3) is 0 Å². The Labute approximate surface area is 146 Å². The molecule has 0 unspecified atom stereocenters. The van der Waals surface area contributed by atoms with Gasteiger partial charge < -0.3 is 15.3 Å². The van der Waals surface area contributed by atoms with Gasteiger partial charge in [-0.25, -0.2) is 0 Å². The van der Waals surface area contributed by atoms with Crippen molar-refractivity contribution in [2.24, 2.45) is 34.5 Å². The van der Waals surface area contributed by atoms with E-state index in [9.17, 15) is 15.3 Å². The van der Waals surface area contributed by atoms with E-state index in [1.165, 1.54) is 6.42 Å². The summed E-state index contributed by atoms with van der Waals surface area (Å²) in [4.78, 5) is 0. The molecule has 0 bridgehead atoms. The molecule has 136 valence electrons. The van der Waals surface area contributed by atoms with Crippen molar-refractivity contribution < 1.29 is 15.3 Å². The highest BCUT2D eigenvalue weighted by atomic mass is 16.3. The summed E-state index contributed by atoms with van der Waals surface area (Å²) in [6.45, 7) is 6.89. The van der Waals surface area contributed by atoms with E-state index in [0.29, 0.717) is 18.3 Å². The molecule has 0 amide bonds. The molecule has 0 saturated heterocycles. The molecule has 24 heavy (non-hydrogen) atoms. The van der Waals surface area contributed by atoms with Crippen LogP contribution in [0.2, 0.25) is 0 Å². The Morgan fingerprint density at radius 3 is 2.38 bits per heavy atom. The molecule has 4 saturated carbocycles. The summed E-state index contributed by atoms with van der Waals surface area (Å²) < 4.78 is 0. The summed E-state index contributed by atoms with van der Waals surface area (Å²) in [6.07, 6.45) is 7.86. The first-order valence-electron chi connectivity index (χ1n) is 10.0. The number of rotatable bonds is 0. The maximum absolute atomic E-state index is 11.1. The molecule has 0 radical (unpaired) electrons. The molecule has 0 aromatic carbocycles. The van der Waals surface area contributed by atoms with E-state index < -0.39 is 12.2 Å². The lowest BCUT2D eigenvalue weighted by Crippen LogP contribution is -2.63. The van der Waals surface area contributed by atoms with E-state index in [4.69, 9.17) is 0 Å². The second-order valence-electron chi connectivity index (χ2n) is 9.62. The minimum absolute atomic E-state index is 0.0458. The van der Waals surface area contributed by atoms with Gasteiger partial charge in [0.15, 0.2) is 0 Å². The average Bonchev–Trinajstić information content (AvgIpc) is 2.90. The van der Waals surface area contributed by atoms with Crippen LogP contribution in [-0.4, -0.2) is 33.6 Å². The van der Waals surface area contributed by atoms with Gasteiger partial charge in [-0.05, 0) is 86.4 Å². The first-order chi connectivity index (χ1) is 11.3. The van der Waals surface area contributed by atoms with Gasteiger partial charge in [0.2, 0.25) is 0 Å². The molecule has 0 heterocycles. The number of aliphatic hydroxyl groups excluding tert-OH is 3. The van der Waals surface area contributed by atoms with Crippen molar-refractivity contribution in [2.45, 2.75) is 84.0 Å². The zero-order chi connectivity index (χ0) is 17.3. The second-order valence-corrected chi connectivity index (χ2v) is 9.62.